The van der Waals surface area contributed by atoms with Gasteiger partial charge < -0.3 is 10.1 Å². The molecule has 0 aromatic heterocycles. The van der Waals surface area contributed by atoms with Crippen molar-refractivity contribution >= 4 is 27.5 Å². The van der Waals surface area contributed by atoms with Crippen molar-refractivity contribution in [2.24, 2.45) is 0 Å². The smallest absolute Gasteiger partial charge is 0.224 e. The van der Waals surface area contributed by atoms with Gasteiger partial charge in [0.25, 0.3) is 0 Å². The van der Waals surface area contributed by atoms with E-state index in [-0.39, 0.29) is 5.91 Å². The van der Waals surface area contributed by atoms with Gasteiger partial charge in [0.2, 0.25) is 5.91 Å². The van der Waals surface area contributed by atoms with E-state index in [9.17, 15) is 4.79 Å². The van der Waals surface area contributed by atoms with Gasteiger partial charge >= 0.3 is 0 Å². The van der Waals surface area contributed by atoms with Crippen LogP contribution in [-0.4, -0.2) is 12.5 Å². The van der Waals surface area contributed by atoms with Crippen molar-refractivity contribution in [2.45, 2.75) is 46.0 Å². The average Bonchev–Trinajstić information content (AvgIpc) is 2.60. The van der Waals surface area contributed by atoms with Crippen molar-refractivity contribution in [3.05, 3.63) is 58.1 Å². The van der Waals surface area contributed by atoms with Crippen LogP contribution in [0, 0.1) is 0 Å². The number of carbonyl (C=O) groups excluding carboxylic acids is 1. The molecule has 0 aliphatic heterocycles. The molecule has 2 rings (SSSR count). The van der Waals surface area contributed by atoms with Crippen molar-refractivity contribution in [1.82, 2.24) is 0 Å². The molecule has 0 saturated carbocycles. The van der Waals surface area contributed by atoms with E-state index in [1.807, 2.05) is 30.3 Å². The maximum atomic E-state index is 12.0. The number of hydrogen-bond donors (Lipinski definition) is 1. The highest BCUT2D eigenvalue weighted by molar-refractivity contribution is 9.10. The SMILES string of the molecule is CCc1ccc(NC(=O)CCCOc2ccc(C(C)C)cc2Br)cc1. The normalized spacial score (nSPS) is 10.8. The van der Waals surface area contributed by atoms with Gasteiger partial charge in [-0.2, -0.15) is 0 Å². The lowest BCUT2D eigenvalue weighted by molar-refractivity contribution is -0.116. The second kappa shape index (κ2) is 9.62. The van der Waals surface area contributed by atoms with Crippen molar-refractivity contribution in [1.29, 1.82) is 0 Å². The molecule has 0 spiro atoms. The highest BCUT2D eigenvalue weighted by Gasteiger charge is 2.07. The summed E-state index contributed by atoms with van der Waals surface area (Å²) in [6, 6.07) is 14.1. The maximum absolute atomic E-state index is 12.0. The summed E-state index contributed by atoms with van der Waals surface area (Å²) >= 11 is 3.55. The molecule has 0 saturated heterocycles. The van der Waals surface area contributed by atoms with Crippen LogP contribution in [0.4, 0.5) is 5.69 Å². The fourth-order valence-electron chi connectivity index (χ4n) is 2.46. The van der Waals surface area contributed by atoms with E-state index in [1.165, 1.54) is 11.1 Å². The van der Waals surface area contributed by atoms with E-state index in [0.29, 0.717) is 25.4 Å². The van der Waals surface area contributed by atoms with Crippen LogP contribution in [0.3, 0.4) is 0 Å². The third-order valence-corrected chi connectivity index (χ3v) is 4.69. The number of anilines is 1. The van der Waals surface area contributed by atoms with Gasteiger partial charge in [-0.1, -0.05) is 39.0 Å². The lowest BCUT2D eigenvalue weighted by Crippen LogP contribution is -2.12. The minimum Gasteiger partial charge on any atom is -0.492 e. The summed E-state index contributed by atoms with van der Waals surface area (Å²) in [4.78, 5) is 12.0. The summed E-state index contributed by atoms with van der Waals surface area (Å²) in [7, 11) is 0. The summed E-state index contributed by atoms with van der Waals surface area (Å²) in [6.07, 6.45) is 2.12. The third kappa shape index (κ3) is 6.20. The Morgan fingerprint density at radius 2 is 1.88 bits per heavy atom. The first-order valence-electron chi connectivity index (χ1n) is 8.80. The lowest BCUT2D eigenvalue weighted by Gasteiger charge is -2.11. The summed E-state index contributed by atoms with van der Waals surface area (Å²) in [5.74, 6) is 1.32. The quantitative estimate of drug-likeness (QED) is 0.554. The Kier molecular flexibility index (Phi) is 7.51. The van der Waals surface area contributed by atoms with E-state index >= 15 is 0 Å². The van der Waals surface area contributed by atoms with Gasteiger partial charge in [0, 0.05) is 12.1 Å². The number of hydrogen-bond acceptors (Lipinski definition) is 2. The van der Waals surface area contributed by atoms with Gasteiger partial charge in [-0.25, -0.2) is 0 Å². The van der Waals surface area contributed by atoms with Crippen LogP contribution in [0.5, 0.6) is 5.75 Å². The second-order valence-corrected chi connectivity index (χ2v) is 7.25. The molecule has 4 heteroatoms. The Hall–Kier alpha value is -1.81. The predicted molar refractivity (Wildman–Crippen MR) is 107 cm³/mol. The van der Waals surface area contributed by atoms with Gasteiger partial charge in [-0.15, -0.1) is 0 Å². The predicted octanol–water partition coefficient (Wildman–Crippen LogP) is 5.93. The Labute approximate surface area is 158 Å². The molecule has 0 bridgehead atoms. The zero-order chi connectivity index (χ0) is 18.2. The van der Waals surface area contributed by atoms with Crippen molar-refractivity contribution < 1.29 is 9.53 Å². The first kappa shape index (κ1) is 19.5. The zero-order valence-electron chi connectivity index (χ0n) is 15.1. The molecule has 3 nitrogen and oxygen atoms in total. The van der Waals surface area contributed by atoms with E-state index in [0.717, 1.165) is 22.3 Å². The summed E-state index contributed by atoms with van der Waals surface area (Å²) in [5.41, 5.74) is 3.38. The van der Waals surface area contributed by atoms with Crippen molar-refractivity contribution in [2.75, 3.05) is 11.9 Å². The number of nitrogens with one attached hydrogen (secondary N) is 1. The number of amides is 1. The number of halogens is 1. The van der Waals surface area contributed by atoms with Crippen LogP contribution < -0.4 is 10.1 Å². The van der Waals surface area contributed by atoms with Crippen molar-refractivity contribution in [3.63, 3.8) is 0 Å². The van der Waals surface area contributed by atoms with Gasteiger partial charge in [-0.3, -0.25) is 4.79 Å². The molecule has 2 aromatic carbocycles. The standard InChI is InChI=1S/C21H26BrNO2/c1-4-16-7-10-18(11-8-16)23-21(24)6-5-13-25-20-12-9-17(15(2)3)14-19(20)22/h7-12,14-15H,4-6,13H2,1-3H3,(H,23,24). The summed E-state index contributed by atoms with van der Waals surface area (Å²) < 4.78 is 6.73. The molecule has 0 heterocycles. The number of ether oxygens (including phenoxy) is 1. The van der Waals surface area contributed by atoms with E-state index in [4.69, 9.17) is 4.74 Å². The molecule has 0 aliphatic rings. The molecule has 0 unspecified atom stereocenters. The summed E-state index contributed by atoms with van der Waals surface area (Å²) in [5, 5.41) is 2.92. The minimum absolute atomic E-state index is 0.0158. The summed E-state index contributed by atoms with van der Waals surface area (Å²) in [6.45, 7) is 6.96. The fourth-order valence-corrected chi connectivity index (χ4v) is 2.97. The zero-order valence-corrected chi connectivity index (χ0v) is 16.7. The molecular formula is C21H26BrNO2. The number of carbonyl (C=O) groups is 1. The van der Waals surface area contributed by atoms with Crippen LogP contribution in [-0.2, 0) is 11.2 Å². The first-order chi connectivity index (χ1) is 12.0. The van der Waals surface area contributed by atoms with Crippen LogP contribution in [0.25, 0.3) is 0 Å². The Balaban J connectivity index is 1.74. The molecule has 134 valence electrons. The number of rotatable bonds is 8. The highest BCUT2D eigenvalue weighted by atomic mass is 79.9. The molecule has 1 amide bonds. The van der Waals surface area contributed by atoms with Gasteiger partial charge in [-0.05, 0) is 70.1 Å². The van der Waals surface area contributed by atoms with E-state index in [2.05, 4.69) is 54.2 Å². The van der Waals surface area contributed by atoms with Gasteiger partial charge in [0.05, 0.1) is 11.1 Å². The molecule has 0 aliphatic carbocycles. The Bertz CT molecular complexity index is 696. The van der Waals surface area contributed by atoms with E-state index in [1.54, 1.807) is 0 Å². The second-order valence-electron chi connectivity index (χ2n) is 6.40. The van der Waals surface area contributed by atoms with Crippen LogP contribution in [0.1, 0.15) is 50.7 Å². The minimum atomic E-state index is 0.0158. The first-order valence-corrected chi connectivity index (χ1v) is 9.60. The molecule has 0 fully saturated rings. The van der Waals surface area contributed by atoms with Gasteiger partial charge in [0.15, 0.2) is 0 Å². The molecule has 2 aromatic rings. The largest absolute Gasteiger partial charge is 0.492 e. The highest BCUT2D eigenvalue weighted by Crippen LogP contribution is 2.29. The molecule has 1 N–H and O–H groups in total. The Morgan fingerprint density at radius 3 is 2.48 bits per heavy atom. The van der Waals surface area contributed by atoms with Gasteiger partial charge in [0.1, 0.15) is 5.75 Å². The molecular weight excluding hydrogens is 378 g/mol. The number of benzene rings is 2. The monoisotopic (exact) mass is 403 g/mol. The molecule has 25 heavy (non-hydrogen) atoms. The maximum Gasteiger partial charge on any atom is 0.224 e. The molecule has 0 atom stereocenters. The fraction of sp³-hybridized carbons (Fsp3) is 0.381. The lowest BCUT2D eigenvalue weighted by atomic mass is 10.0. The van der Waals surface area contributed by atoms with Crippen LogP contribution >= 0.6 is 15.9 Å². The van der Waals surface area contributed by atoms with E-state index < -0.39 is 0 Å². The molecule has 0 radical (unpaired) electrons. The Morgan fingerprint density at radius 1 is 1.16 bits per heavy atom. The average molecular weight is 404 g/mol. The number of aryl methyl sites for hydroxylation is 1. The topological polar surface area (TPSA) is 38.3 Å². The van der Waals surface area contributed by atoms with Crippen LogP contribution in [0.15, 0.2) is 46.9 Å². The third-order valence-electron chi connectivity index (χ3n) is 4.07. The van der Waals surface area contributed by atoms with Crippen LogP contribution in [0.2, 0.25) is 0 Å². The van der Waals surface area contributed by atoms with Crippen molar-refractivity contribution in [3.8, 4) is 5.75 Å².